The number of hydrogen-bond donors (Lipinski definition) is 1. The molecule has 4 nitrogen and oxygen atoms in total. The lowest BCUT2D eigenvalue weighted by Gasteiger charge is -2.15. The molecule has 1 aliphatic carbocycles. The van der Waals surface area contributed by atoms with Crippen LogP contribution < -0.4 is 5.32 Å². The summed E-state index contributed by atoms with van der Waals surface area (Å²) < 4.78 is 18.5. The summed E-state index contributed by atoms with van der Waals surface area (Å²) in [6.07, 6.45) is 6.74. The van der Waals surface area contributed by atoms with Gasteiger partial charge in [0.25, 0.3) is 5.91 Å². The average Bonchev–Trinajstić information content (AvgIpc) is 2.56. The summed E-state index contributed by atoms with van der Waals surface area (Å²) in [6, 6.07) is 5.54. The standard InChI is InChI=1S/C18H22FNO3/c1-13(23-18(22)15-9-5-6-10-16(15)19)17(21)20-12-11-14-7-3-2-4-8-14/h5-7,9-10,13H,2-4,8,11-12H2,1H3,(H,20,21)/t13-/m1/s1. The predicted octanol–water partition coefficient (Wildman–Crippen LogP) is 3.38. The smallest absolute Gasteiger partial charge is 0.341 e. The van der Waals surface area contributed by atoms with Gasteiger partial charge in [0.2, 0.25) is 0 Å². The molecule has 1 aromatic rings. The summed E-state index contributed by atoms with van der Waals surface area (Å²) in [5.74, 6) is -1.86. The predicted molar refractivity (Wildman–Crippen MR) is 85.5 cm³/mol. The van der Waals surface area contributed by atoms with Crippen molar-refractivity contribution in [2.75, 3.05) is 6.54 Å². The molecule has 0 heterocycles. The van der Waals surface area contributed by atoms with Crippen LogP contribution in [-0.4, -0.2) is 24.5 Å². The van der Waals surface area contributed by atoms with Gasteiger partial charge in [-0.25, -0.2) is 9.18 Å². The van der Waals surface area contributed by atoms with Crippen LogP contribution in [0.5, 0.6) is 0 Å². The van der Waals surface area contributed by atoms with E-state index in [4.69, 9.17) is 4.74 Å². The van der Waals surface area contributed by atoms with E-state index in [0.29, 0.717) is 6.54 Å². The minimum absolute atomic E-state index is 0.167. The Morgan fingerprint density at radius 2 is 2.09 bits per heavy atom. The molecule has 1 aromatic carbocycles. The van der Waals surface area contributed by atoms with Crippen LogP contribution in [0.25, 0.3) is 0 Å². The minimum Gasteiger partial charge on any atom is -0.449 e. The molecule has 1 amide bonds. The van der Waals surface area contributed by atoms with Crippen molar-refractivity contribution in [2.45, 2.75) is 45.1 Å². The number of carbonyl (C=O) groups excluding carboxylic acids is 2. The van der Waals surface area contributed by atoms with Crippen LogP contribution in [0.4, 0.5) is 4.39 Å². The maximum absolute atomic E-state index is 13.5. The number of carbonyl (C=O) groups is 2. The largest absolute Gasteiger partial charge is 0.449 e. The molecule has 1 aliphatic rings. The summed E-state index contributed by atoms with van der Waals surface area (Å²) in [7, 11) is 0. The van der Waals surface area contributed by atoms with Gasteiger partial charge in [-0.05, 0) is 51.2 Å². The van der Waals surface area contributed by atoms with Gasteiger partial charge in [0.1, 0.15) is 5.82 Å². The highest BCUT2D eigenvalue weighted by Gasteiger charge is 2.20. The van der Waals surface area contributed by atoms with Crippen LogP contribution in [0.1, 0.15) is 49.4 Å². The van der Waals surface area contributed by atoms with Gasteiger partial charge >= 0.3 is 5.97 Å². The first kappa shape index (κ1) is 17.2. The van der Waals surface area contributed by atoms with E-state index >= 15 is 0 Å². The molecular formula is C18H22FNO3. The number of hydrogen-bond acceptors (Lipinski definition) is 3. The second-order valence-electron chi connectivity index (χ2n) is 5.68. The van der Waals surface area contributed by atoms with Crippen molar-refractivity contribution in [3.63, 3.8) is 0 Å². The van der Waals surface area contributed by atoms with E-state index in [2.05, 4.69) is 11.4 Å². The van der Waals surface area contributed by atoms with E-state index < -0.39 is 17.9 Å². The van der Waals surface area contributed by atoms with Crippen LogP contribution in [0.2, 0.25) is 0 Å². The second kappa shape index (κ2) is 8.46. The Morgan fingerprint density at radius 3 is 2.78 bits per heavy atom. The number of halogens is 1. The monoisotopic (exact) mass is 319 g/mol. The van der Waals surface area contributed by atoms with Crippen molar-refractivity contribution in [1.29, 1.82) is 0 Å². The normalized spacial score (nSPS) is 15.5. The van der Waals surface area contributed by atoms with Crippen molar-refractivity contribution in [1.82, 2.24) is 5.32 Å². The van der Waals surface area contributed by atoms with E-state index in [9.17, 15) is 14.0 Å². The SMILES string of the molecule is C[C@@H](OC(=O)c1ccccc1F)C(=O)NCCC1=CCCCC1. The Labute approximate surface area is 135 Å². The number of ether oxygens (including phenoxy) is 1. The highest BCUT2D eigenvalue weighted by molar-refractivity contribution is 5.92. The van der Waals surface area contributed by atoms with Crippen molar-refractivity contribution < 1.29 is 18.7 Å². The van der Waals surface area contributed by atoms with Gasteiger partial charge in [0, 0.05) is 6.54 Å². The molecule has 0 aliphatic heterocycles. The molecule has 23 heavy (non-hydrogen) atoms. The maximum Gasteiger partial charge on any atom is 0.341 e. The highest BCUT2D eigenvalue weighted by atomic mass is 19.1. The first-order chi connectivity index (χ1) is 11.1. The molecule has 0 radical (unpaired) electrons. The molecule has 0 spiro atoms. The Kier molecular flexibility index (Phi) is 6.32. The van der Waals surface area contributed by atoms with E-state index in [1.54, 1.807) is 6.07 Å². The molecule has 0 saturated carbocycles. The Hall–Kier alpha value is -2.17. The number of benzene rings is 1. The Morgan fingerprint density at radius 1 is 1.30 bits per heavy atom. The fourth-order valence-corrected chi connectivity index (χ4v) is 2.53. The summed E-state index contributed by atoms with van der Waals surface area (Å²) >= 11 is 0. The van der Waals surface area contributed by atoms with Gasteiger partial charge in [-0.1, -0.05) is 23.8 Å². The average molecular weight is 319 g/mol. The van der Waals surface area contributed by atoms with Gasteiger partial charge in [0.05, 0.1) is 5.56 Å². The second-order valence-corrected chi connectivity index (χ2v) is 5.68. The first-order valence-electron chi connectivity index (χ1n) is 7.99. The molecule has 1 N–H and O–H groups in total. The van der Waals surface area contributed by atoms with Crippen LogP contribution in [0, 0.1) is 5.82 Å². The fraction of sp³-hybridized carbons (Fsp3) is 0.444. The Bertz CT molecular complexity index is 598. The van der Waals surface area contributed by atoms with Crippen molar-refractivity contribution in [3.8, 4) is 0 Å². The summed E-state index contributed by atoms with van der Waals surface area (Å²) in [5.41, 5.74) is 1.20. The fourth-order valence-electron chi connectivity index (χ4n) is 2.53. The molecule has 0 saturated heterocycles. The maximum atomic E-state index is 13.5. The number of rotatable bonds is 6. The molecule has 0 aromatic heterocycles. The molecule has 0 fully saturated rings. The van der Waals surface area contributed by atoms with Crippen LogP contribution in [-0.2, 0) is 9.53 Å². The third-order valence-corrected chi connectivity index (χ3v) is 3.88. The topological polar surface area (TPSA) is 55.4 Å². The zero-order valence-electron chi connectivity index (χ0n) is 13.3. The van der Waals surface area contributed by atoms with Gasteiger partial charge < -0.3 is 10.1 Å². The van der Waals surface area contributed by atoms with Crippen LogP contribution >= 0.6 is 0 Å². The van der Waals surface area contributed by atoms with E-state index in [1.165, 1.54) is 43.5 Å². The molecule has 2 rings (SSSR count). The molecule has 0 bridgehead atoms. The van der Waals surface area contributed by atoms with Gasteiger partial charge in [-0.2, -0.15) is 0 Å². The van der Waals surface area contributed by atoms with Gasteiger partial charge in [-0.15, -0.1) is 0 Å². The lowest BCUT2D eigenvalue weighted by atomic mass is 9.97. The first-order valence-corrected chi connectivity index (χ1v) is 7.99. The van der Waals surface area contributed by atoms with Crippen LogP contribution in [0.3, 0.4) is 0 Å². The zero-order valence-corrected chi connectivity index (χ0v) is 13.3. The number of nitrogens with one attached hydrogen (secondary N) is 1. The number of esters is 1. The molecule has 1 atom stereocenters. The van der Waals surface area contributed by atoms with E-state index in [0.717, 1.165) is 19.3 Å². The van der Waals surface area contributed by atoms with Gasteiger partial charge in [0.15, 0.2) is 6.10 Å². The van der Waals surface area contributed by atoms with Crippen molar-refractivity contribution in [2.24, 2.45) is 0 Å². The quantitative estimate of drug-likeness (QED) is 0.646. The Balaban J connectivity index is 1.77. The summed E-state index contributed by atoms with van der Waals surface area (Å²) in [4.78, 5) is 23.8. The lowest BCUT2D eigenvalue weighted by molar-refractivity contribution is -0.129. The number of allylic oxidation sites excluding steroid dienone is 1. The third kappa shape index (κ3) is 5.20. The summed E-state index contributed by atoms with van der Waals surface area (Å²) in [6.45, 7) is 2.00. The van der Waals surface area contributed by atoms with Gasteiger partial charge in [-0.3, -0.25) is 4.79 Å². The summed E-state index contributed by atoms with van der Waals surface area (Å²) in [5, 5.41) is 2.75. The van der Waals surface area contributed by atoms with Crippen molar-refractivity contribution in [3.05, 3.63) is 47.3 Å². The molecular weight excluding hydrogens is 297 g/mol. The van der Waals surface area contributed by atoms with E-state index in [-0.39, 0.29) is 11.5 Å². The minimum atomic E-state index is -0.956. The molecule has 124 valence electrons. The molecule has 5 heteroatoms. The zero-order chi connectivity index (χ0) is 16.7. The van der Waals surface area contributed by atoms with E-state index in [1.807, 2.05) is 0 Å². The van der Waals surface area contributed by atoms with Crippen molar-refractivity contribution >= 4 is 11.9 Å². The van der Waals surface area contributed by atoms with Crippen LogP contribution in [0.15, 0.2) is 35.9 Å². The third-order valence-electron chi connectivity index (χ3n) is 3.88. The molecule has 0 unspecified atom stereocenters. The lowest BCUT2D eigenvalue weighted by Crippen LogP contribution is -2.36. The highest BCUT2D eigenvalue weighted by Crippen LogP contribution is 2.19. The number of amides is 1.